The van der Waals surface area contributed by atoms with E-state index in [9.17, 15) is 18.0 Å². The molecule has 2 atom stereocenters. The van der Waals surface area contributed by atoms with Crippen LogP contribution in [0.3, 0.4) is 0 Å². The normalized spacial score (nSPS) is 19.0. The molecule has 2 aromatic heterocycles. The highest BCUT2D eigenvalue weighted by Crippen LogP contribution is 2.31. The maximum absolute atomic E-state index is 13.8. The van der Waals surface area contributed by atoms with Crippen molar-refractivity contribution in [2.75, 3.05) is 6.54 Å². The summed E-state index contributed by atoms with van der Waals surface area (Å²) in [5.74, 6) is 0.489. The van der Waals surface area contributed by atoms with Gasteiger partial charge in [-0.25, -0.2) is 9.97 Å². The van der Waals surface area contributed by atoms with Crippen LogP contribution in [0.15, 0.2) is 43.0 Å². The van der Waals surface area contributed by atoms with Crippen molar-refractivity contribution in [3.8, 4) is 5.69 Å². The first-order valence-electron chi connectivity index (χ1n) is 10.9. The number of benzene rings is 1. The summed E-state index contributed by atoms with van der Waals surface area (Å²) in [5.41, 5.74) is 1.14. The number of carbonyl (C=O) groups is 1. The van der Waals surface area contributed by atoms with Crippen LogP contribution in [-0.4, -0.2) is 48.4 Å². The Labute approximate surface area is 189 Å². The lowest BCUT2D eigenvalue weighted by molar-refractivity contribution is -0.138. The second kappa shape index (κ2) is 9.29. The van der Waals surface area contributed by atoms with Gasteiger partial charge in [0.25, 0.3) is 5.91 Å². The zero-order chi connectivity index (χ0) is 23.6. The van der Waals surface area contributed by atoms with Gasteiger partial charge in [-0.1, -0.05) is 19.1 Å². The molecule has 0 radical (unpaired) electrons. The minimum atomic E-state index is -4.46. The summed E-state index contributed by atoms with van der Waals surface area (Å²) in [4.78, 5) is 24.9. The molecule has 174 valence electrons. The molecule has 1 aromatic carbocycles. The fraction of sp³-hybridized carbons (Fsp3) is 0.435. The number of aromatic nitrogens is 5. The van der Waals surface area contributed by atoms with Gasteiger partial charge in [-0.05, 0) is 43.7 Å². The number of carbonyl (C=O) groups excluding carboxylic acids is 1. The highest BCUT2D eigenvalue weighted by Gasteiger charge is 2.34. The van der Waals surface area contributed by atoms with Gasteiger partial charge in [-0.3, -0.25) is 4.79 Å². The first-order chi connectivity index (χ1) is 15.8. The minimum Gasteiger partial charge on any atom is -0.335 e. The molecule has 1 amide bonds. The lowest BCUT2D eigenvalue weighted by Crippen LogP contribution is -2.48. The lowest BCUT2D eigenvalue weighted by Gasteiger charge is -2.40. The molecule has 4 rings (SSSR count). The van der Waals surface area contributed by atoms with Crippen molar-refractivity contribution in [2.24, 2.45) is 5.92 Å². The average Bonchev–Trinajstić information content (AvgIpc) is 3.32. The quantitative estimate of drug-likeness (QED) is 0.571. The van der Waals surface area contributed by atoms with Crippen LogP contribution in [-0.2, 0) is 12.6 Å². The molecular formula is C23H25F3N6O. The van der Waals surface area contributed by atoms with Crippen molar-refractivity contribution in [2.45, 2.75) is 51.7 Å². The lowest BCUT2D eigenvalue weighted by atomic mass is 9.87. The molecule has 0 N–H and O–H groups in total. The molecule has 3 heterocycles. The van der Waals surface area contributed by atoms with E-state index in [0.717, 1.165) is 30.8 Å². The standard InChI is InChI=1S/C23H25F3N6O/c1-15-6-4-12-31(18(15)8-9-20-27-13-17(14-28-20)23(24,25)26)22(33)21-16(2)5-3-7-19(21)32-29-10-11-30-32/h3,5,7,10-11,13-15,18H,4,6,8-9,12H2,1-2H3/t15-,18-/m1/s1. The van der Waals surface area contributed by atoms with Gasteiger partial charge in [-0.15, -0.1) is 0 Å². The topological polar surface area (TPSA) is 76.8 Å². The molecule has 33 heavy (non-hydrogen) atoms. The summed E-state index contributed by atoms with van der Waals surface area (Å²) in [7, 11) is 0. The molecule has 0 spiro atoms. The first kappa shape index (κ1) is 22.9. The fourth-order valence-corrected chi connectivity index (χ4v) is 4.43. The van der Waals surface area contributed by atoms with Gasteiger partial charge >= 0.3 is 6.18 Å². The third-order valence-corrected chi connectivity index (χ3v) is 6.17. The number of likely N-dealkylation sites (tertiary alicyclic amines) is 1. The molecule has 0 saturated carbocycles. The van der Waals surface area contributed by atoms with Crippen LogP contribution >= 0.6 is 0 Å². The Kier molecular flexibility index (Phi) is 6.44. The zero-order valence-corrected chi connectivity index (χ0v) is 18.5. The van der Waals surface area contributed by atoms with Crippen molar-refractivity contribution in [3.05, 3.63) is 65.5 Å². The Hall–Kier alpha value is -3.30. The minimum absolute atomic E-state index is 0.0739. The van der Waals surface area contributed by atoms with Crippen LogP contribution in [0.1, 0.15) is 53.5 Å². The molecule has 1 aliphatic rings. The number of hydrogen-bond donors (Lipinski definition) is 0. The number of amides is 1. The van der Waals surface area contributed by atoms with Crippen LogP contribution in [0.2, 0.25) is 0 Å². The third kappa shape index (κ3) is 4.89. The predicted molar refractivity (Wildman–Crippen MR) is 115 cm³/mol. The number of aryl methyl sites for hydroxylation is 2. The molecule has 3 aromatic rings. The molecule has 10 heteroatoms. The van der Waals surface area contributed by atoms with Crippen molar-refractivity contribution in [1.82, 2.24) is 29.9 Å². The summed E-state index contributed by atoms with van der Waals surface area (Å²) in [6.07, 6.45) is 3.11. The maximum atomic E-state index is 13.8. The van der Waals surface area contributed by atoms with Crippen molar-refractivity contribution in [3.63, 3.8) is 0 Å². The highest BCUT2D eigenvalue weighted by atomic mass is 19.4. The number of piperidine rings is 1. The van der Waals surface area contributed by atoms with Crippen LogP contribution < -0.4 is 0 Å². The predicted octanol–water partition coefficient (Wildman–Crippen LogP) is 4.26. The second-order valence-corrected chi connectivity index (χ2v) is 8.40. The summed E-state index contributed by atoms with van der Waals surface area (Å²) < 4.78 is 38.3. The van der Waals surface area contributed by atoms with E-state index >= 15 is 0 Å². The summed E-state index contributed by atoms with van der Waals surface area (Å²) >= 11 is 0. The Morgan fingerprint density at radius 1 is 1.15 bits per heavy atom. The van der Waals surface area contributed by atoms with Crippen molar-refractivity contribution >= 4 is 5.91 Å². The van der Waals surface area contributed by atoms with Gasteiger partial charge in [-0.2, -0.15) is 28.2 Å². The average molecular weight is 458 g/mol. The van der Waals surface area contributed by atoms with Gasteiger partial charge in [0, 0.05) is 31.4 Å². The highest BCUT2D eigenvalue weighted by molar-refractivity contribution is 5.99. The Balaban J connectivity index is 1.56. The van der Waals surface area contributed by atoms with Crippen molar-refractivity contribution in [1.29, 1.82) is 0 Å². The van der Waals surface area contributed by atoms with Crippen molar-refractivity contribution < 1.29 is 18.0 Å². The van der Waals surface area contributed by atoms with Crippen LogP contribution in [0.4, 0.5) is 13.2 Å². The van der Waals surface area contributed by atoms with Gasteiger partial charge in [0.05, 0.1) is 29.2 Å². The van der Waals surface area contributed by atoms with E-state index in [4.69, 9.17) is 0 Å². The summed E-state index contributed by atoms with van der Waals surface area (Å²) in [6, 6.07) is 5.50. The van der Waals surface area contributed by atoms with E-state index in [2.05, 4.69) is 27.1 Å². The van der Waals surface area contributed by atoms with Gasteiger partial charge in [0.15, 0.2) is 0 Å². The second-order valence-electron chi connectivity index (χ2n) is 8.40. The molecule has 1 aliphatic heterocycles. The van der Waals surface area contributed by atoms with Crippen LogP contribution in [0, 0.1) is 12.8 Å². The zero-order valence-electron chi connectivity index (χ0n) is 18.5. The molecule has 1 fully saturated rings. The summed E-state index contributed by atoms with van der Waals surface area (Å²) in [5, 5.41) is 8.38. The van der Waals surface area contributed by atoms with E-state index in [0.29, 0.717) is 36.5 Å². The van der Waals surface area contributed by atoms with E-state index in [1.807, 2.05) is 30.0 Å². The third-order valence-electron chi connectivity index (χ3n) is 6.17. The molecule has 1 saturated heterocycles. The van der Waals surface area contributed by atoms with E-state index in [-0.39, 0.29) is 17.9 Å². The Morgan fingerprint density at radius 3 is 2.52 bits per heavy atom. The number of alkyl halides is 3. The molecule has 0 bridgehead atoms. The van der Waals surface area contributed by atoms with Crippen LogP contribution in [0.5, 0.6) is 0 Å². The molecule has 0 aliphatic carbocycles. The smallest absolute Gasteiger partial charge is 0.335 e. The van der Waals surface area contributed by atoms with E-state index in [1.54, 1.807) is 12.4 Å². The molecule has 7 nitrogen and oxygen atoms in total. The molecular weight excluding hydrogens is 433 g/mol. The first-order valence-corrected chi connectivity index (χ1v) is 10.9. The van der Waals surface area contributed by atoms with Gasteiger partial charge in [0.1, 0.15) is 5.82 Å². The van der Waals surface area contributed by atoms with Crippen LogP contribution in [0.25, 0.3) is 5.69 Å². The van der Waals surface area contributed by atoms with Gasteiger partial charge < -0.3 is 4.90 Å². The fourth-order valence-electron chi connectivity index (χ4n) is 4.43. The number of halogens is 3. The van der Waals surface area contributed by atoms with E-state index < -0.39 is 11.7 Å². The van der Waals surface area contributed by atoms with Gasteiger partial charge in [0.2, 0.25) is 0 Å². The monoisotopic (exact) mass is 458 g/mol. The number of nitrogens with zero attached hydrogens (tertiary/aromatic N) is 6. The van der Waals surface area contributed by atoms with E-state index in [1.165, 1.54) is 4.80 Å². The maximum Gasteiger partial charge on any atom is 0.419 e. The Bertz CT molecular complexity index is 1100. The SMILES string of the molecule is Cc1cccc(-n2nccn2)c1C(=O)N1CCC[C@@H](C)[C@H]1CCc1ncc(C(F)(F)F)cn1. The summed E-state index contributed by atoms with van der Waals surface area (Å²) in [6.45, 7) is 4.60. The molecule has 0 unspecified atom stereocenters. The number of hydrogen-bond acceptors (Lipinski definition) is 5. The largest absolute Gasteiger partial charge is 0.419 e. The number of rotatable bonds is 5. The Morgan fingerprint density at radius 2 is 1.85 bits per heavy atom.